The molecule has 1 aliphatic carbocycles. The summed E-state index contributed by atoms with van der Waals surface area (Å²) in [6.07, 6.45) is 2.96. The summed E-state index contributed by atoms with van der Waals surface area (Å²) in [5.41, 5.74) is 14.4. The maximum absolute atomic E-state index is 5.06. The highest BCUT2D eigenvalue weighted by Gasteiger charge is 2.25. The predicted molar refractivity (Wildman–Crippen MR) is 165 cm³/mol. The fourth-order valence-corrected chi connectivity index (χ4v) is 6.23. The molecule has 3 nitrogen and oxygen atoms in total. The van der Waals surface area contributed by atoms with Crippen molar-refractivity contribution in [2.75, 3.05) is 0 Å². The minimum absolute atomic E-state index is 0.942. The Morgan fingerprint density at radius 3 is 2.27 bits per heavy atom. The fourth-order valence-electron chi connectivity index (χ4n) is 6.23. The van der Waals surface area contributed by atoms with Crippen LogP contribution in [0.3, 0.4) is 0 Å². The van der Waals surface area contributed by atoms with Gasteiger partial charge < -0.3 is 0 Å². The van der Waals surface area contributed by atoms with Crippen molar-refractivity contribution in [3.05, 3.63) is 138 Å². The third kappa shape index (κ3) is 3.44. The number of nitrogens with zero attached hydrogens (tertiary/aromatic N) is 3. The van der Waals surface area contributed by atoms with Crippen LogP contribution < -0.4 is 0 Å². The van der Waals surface area contributed by atoms with Crippen molar-refractivity contribution in [2.45, 2.75) is 20.3 Å². The fraction of sp³-hybridized carbons (Fsp3) is 0.0811. The molecule has 0 bridgehead atoms. The number of rotatable bonds is 3. The largest absolute Gasteiger partial charge is 0.294 e. The van der Waals surface area contributed by atoms with E-state index >= 15 is 0 Å². The maximum Gasteiger partial charge on any atom is 0.137 e. The lowest BCUT2D eigenvalue weighted by atomic mass is 9.98. The molecule has 0 aliphatic heterocycles. The van der Waals surface area contributed by atoms with Crippen LogP contribution in [0.25, 0.3) is 61.3 Å². The Morgan fingerprint density at radius 2 is 1.43 bits per heavy atom. The molecule has 1 aliphatic rings. The third-order valence-electron chi connectivity index (χ3n) is 8.39. The first-order chi connectivity index (χ1) is 19.7. The first-order valence-corrected chi connectivity index (χ1v) is 13.8. The number of hydrogen-bond acceptors (Lipinski definition) is 2. The summed E-state index contributed by atoms with van der Waals surface area (Å²) in [5.74, 6) is 0.942. The van der Waals surface area contributed by atoms with Gasteiger partial charge in [-0.15, -0.1) is 0 Å². The van der Waals surface area contributed by atoms with Gasteiger partial charge in [-0.1, -0.05) is 78.9 Å². The molecule has 0 N–H and O–H groups in total. The Balaban J connectivity index is 1.42. The number of hydrogen-bond donors (Lipinski definition) is 0. The van der Waals surface area contributed by atoms with Gasteiger partial charge in [0.15, 0.2) is 0 Å². The molecule has 3 heteroatoms. The Hall–Kier alpha value is -5.02. The van der Waals surface area contributed by atoms with Crippen LogP contribution in [0.5, 0.6) is 0 Å². The van der Waals surface area contributed by atoms with Crippen LogP contribution in [-0.2, 0) is 6.42 Å². The summed E-state index contributed by atoms with van der Waals surface area (Å²) in [7, 11) is 0. The van der Waals surface area contributed by atoms with Crippen LogP contribution in [0.2, 0.25) is 0 Å². The maximum atomic E-state index is 5.06. The van der Waals surface area contributed by atoms with Gasteiger partial charge in [-0.05, 0) is 84.0 Å². The molecule has 8 rings (SSSR count). The first-order valence-electron chi connectivity index (χ1n) is 13.8. The van der Waals surface area contributed by atoms with Gasteiger partial charge in [0.1, 0.15) is 5.82 Å². The summed E-state index contributed by atoms with van der Waals surface area (Å²) in [5, 5.41) is 2.54. The average molecular weight is 514 g/mol. The molecule has 190 valence electrons. The van der Waals surface area contributed by atoms with E-state index < -0.39 is 0 Å². The van der Waals surface area contributed by atoms with Gasteiger partial charge in [0.05, 0.1) is 22.4 Å². The summed E-state index contributed by atoms with van der Waals surface area (Å²) in [6, 6.07) is 39.0. The highest BCUT2D eigenvalue weighted by molar-refractivity contribution is 6.17. The van der Waals surface area contributed by atoms with E-state index in [9.17, 15) is 0 Å². The van der Waals surface area contributed by atoms with Crippen molar-refractivity contribution in [1.82, 2.24) is 14.5 Å². The van der Waals surface area contributed by atoms with Crippen LogP contribution in [-0.4, -0.2) is 14.5 Å². The number of pyridine rings is 2. The van der Waals surface area contributed by atoms with Crippen molar-refractivity contribution < 1.29 is 0 Å². The van der Waals surface area contributed by atoms with E-state index in [1.165, 1.54) is 49.7 Å². The van der Waals surface area contributed by atoms with Gasteiger partial charge in [-0.2, -0.15) is 0 Å². The van der Waals surface area contributed by atoms with E-state index in [0.717, 1.165) is 40.3 Å². The van der Waals surface area contributed by atoms with E-state index in [2.05, 4.69) is 122 Å². The summed E-state index contributed by atoms with van der Waals surface area (Å²) in [6.45, 7) is 4.28. The Bertz CT molecular complexity index is 2100. The second-order valence-corrected chi connectivity index (χ2v) is 10.8. The van der Waals surface area contributed by atoms with Gasteiger partial charge in [0, 0.05) is 28.1 Å². The zero-order valence-electron chi connectivity index (χ0n) is 22.5. The molecule has 0 atom stereocenters. The SMILES string of the molecule is Cc1cnc(-n2c3cc(-c4cccc(-c5ccccc5)n4)ccc3c3c4c(ccc32)Cc2ccccc2-4)cc1C. The predicted octanol–water partition coefficient (Wildman–Crippen LogP) is 9.10. The minimum Gasteiger partial charge on any atom is -0.294 e. The van der Waals surface area contributed by atoms with Crippen LogP contribution in [0, 0.1) is 13.8 Å². The molecule has 0 fully saturated rings. The van der Waals surface area contributed by atoms with Crippen molar-refractivity contribution in [2.24, 2.45) is 0 Å². The molecular formula is C37H27N3. The average Bonchev–Trinajstić information content (AvgIpc) is 3.54. The van der Waals surface area contributed by atoms with Crippen molar-refractivity contribution in [3.63, 3.8) is 0 Å². The molecule has 0 radical (unpaired) electrons. The van der Waals surface area contributed by atoms with E-state index in [0.29, 0.717) is 0 Å². The lowest BCUT2D eigenvalue weighted by Gasteiger charge is -2.11. The summed E-state index contributed by atoms with van der Waals surface area (Å²) < 4.78 is 2.34. The van der Waals surface area contributed by atoms with Gasteiger partial charge in [-0.25, -0.2) is 9.97 Å². The monoisotopic (exact) mass is 513 g/mol. The van der Waals surface area contributed by atoms with Crippen LogP contribution in [0.15, 0.2) is 115 Å². The van der Waals surface area contributed by atoms with Crippen molar-refractivity contribution in [3.8, 4) is 39.5 Å². The van der Waals surface area contributed by atoms with Gasteiger partial charge in [0.25, 0.3) is 0 Å². The van der Waals surface area contributed by atoms with Crippen LogP contribution in [0.4, 0.5) is 0 Å². The molecule has 0 amide bonds. The molecule has 40 heavy (non-hydrogen) atoms. The Kier molecular flexibility index (Phi) is 5.02. The molecule has 0 unspecified atom stereocenters. The highest BCUT2D eigenvalue weighted by atomic mass is 15.1. The summed E-state index contributed by atoms with van der Waals surface area (Å²) >= 11 is 0. The zero-order chi connectivity index (χ0) is 26.8. The molecule has 0 saturated heterocycles. The first kappa shape index (κ1) is 22.9. The second-order valence-electron chi connectivity index (χ2n) is 10.8. The van der Waals surface area contributed by atoms with Gasteiger partial charge >= 0.3 is 0 Å². The number of fused-ring (bicyclic) bond motifs is 7. The lowest BCUT2D eigenvalue weighted by Crippen LogP contribution is -1.99. The molecule has 0 saturated carbocycles. The normalized spacial score (nSPS) is 12.2. The quantitative estimate of drug-likeness (QED) is 0.236. The Morgan fingerprint density at radius 1 is 0.625 bits per heavy atom. The number of aryl methyl sites for hydroxylation is 2. The third-order valence-corrected chi connectivity index (χ3v) is 8.39. The smallest absolute Gasteiger partial charge is 0.137 e. The second kappa shape index (κ2) is 8.75. The lowest BCUT2D eigenvalue weighted by molar-refractivity contribution is 1.06. The van der Waals surface area contributed by atoms with E-state index in [1.54, 1.807) is 0 Å². The van der Waals surface area contributed by atoms with E-state index in [-0.39, 0.29) is 0 Å². The highest BCUT2D eigenvalue weighted by Crippen LogP contribution is 2.46. The summed E-state index contributed by atoms with van der Waals surface area (Å²) in [4.78, 5) is 9.99. The molecule has 0 spiro atoms. The molecule has 7 aromatic rings. The standard InChI is InChI=1S/C37H27N3/c1-23-19-35(38-22-24(23)2)40-33-18-16-28-20-26-11-6-7-12-29(26)36(28)37(33)30-17-15-27(21-34(30)40)32-14-8-13-31(39-32)25-9-4-3-5-10-25/h3-19,21-22H,20H2,1-2H3. The number of aromatic nitrogens is 3. The van der Waals surface area contributed by atoms with E-state index in [1.807, 2.05) is 12.3 Å². The minimum atomic E-state index is 0.942. The molecular weight excluding hydrogens is 486 g/mol. The molecule has 4 aromatic carbocycles. The molecule has 3 heterocycles. The van der Waals surface area contributed by atoms with Crippen molar-refractivity contribution >= 4 is 21.8 Å². The van der Waals surface area contributed by atoms with E-state index in [4.69, 9.17) is 9.97 Å². The van der Waals surface area contributed by atoms with Crippen LogP contribution >= 0.6 is 0 Å². The van der Waals surface area contributed by atoms with Crippen LogP contribution in [0.1, 0.15) is 22.3 Å². The zero-order valence-corrected chi connectivity index (χ0v) is 22.5. The number of benzene rings is 4. The van der Waals surface area contributed by atoms with Gasteiger partial charge in [0.2, 0.25) is 0 Å². The molecule has 3 aromatic heterocycles. The topological polar surface area (TPSA) is 30.7 Å². The Labute approximate surface area is 233 Å². The van der Waals surface area contributed by atoms with Gasteiger partial charge in [-0.3, -0.25) is 4.57 Å². The van der Waals surface area contributed by atoms with Crippen molar-refractivity contribution in [1.29, 1.82) is 0 Å².